The lowest BCUT2D eigenvalue weighted by Gasteiger charge is -2.14. The van der Waals surface area contributed by atoms with Crippen LogP contribution in [0.1, 0.15) is 13.3 Å². The second-order valence-corrected chi connectivity index (χ2v) is 3.26. The van der Waals surface area contributed by atoms with Gasteiger partial charge >= 0.3 is 0 Å². The fourth-order valence-electron chi connectivity index (χ4n) is 1.34. The molecule has 0 bridgehead atoms. The molecule has 6 heteroatoms. The number of nitrogens with one attached hydrogen (secondary N) is 2. The van der Waals surface area contributed by atoms with Gasteiger partial charge in [0, 0.05) is 0 Å². The number of hydrogen-bond donors (Lipinski definition) is 3. The minimum absolute atomic E-state index is 0.00593. The second kappa shape index (κ2) is 4.22. The monoisotopic (exact) mass is 207 g/mol. The Morgan fingerprint density at radius 3 is 3.07 bits per heavy atom. The van der Waals surface area contributed by atoms with Gasteiger partial charge in [-0.3, -0.25) is 0 Å². The van der Waals surface area contributed by atoms with Crippen molar-refractivity contribution >= 4 is 17.0 Å². The predicted octanol–water partition coefficient (Wildman–Crippen LogP) is 0.536. The SMILES string of the molecule is CC[C@H](CO)Nc1ncnc2nc[nH]c12. The van der Waals surface area contributed by atoms with Crippen LogP contribution in [-0.4, -0.2) is 37.7 Å². The van der Waals surface area contributed by atoms with Crippen molar-refractivity contribution < 1.29 is 5.11 Å². The molecule has 0 aliphatic heterocycles. The number of imidazole rings is 1. The van der Waals surface area contributed by atoms with Gasteiger partial charge in [-0.15, -0.1) is 0 Å². The van der Waals surface area contributed by atoms with E-state index in [4.69, 9.17) is 5.11 Å². The molecule has 0 spiro atoms. The summed E-state index contributed by atoms with van der Waals surface area (Å²) in [7, 11) is 0. The minimum Gasteiger partial charge on any atom is -0.394 e. The van der Waals surface area contributed by atoms with E-state index in [-0.39, 0.29) is 12.6 Å². The van der Waals surface area contributed by atoms with Crippen molar-refractivity contribution in [2.45, 2.75) is 19.4 Å². The number of H-pyrrole nitrogens is 1. The summed E-state index contributed by atoms with van der Waals surface area (Å²) >= 11 is 0. The lowest BCUT2D eigenvalue weighted by molar-refractivity contribution is 0.271. The molecular weight excluding hydrogens is 194 g/mol. The third-order valence-corrected chi connectivity index (χ3v) is 2.28. The minimum atomic E-state index is 0.00593. The van der Waals surface area contributed by atoms with Crippen LogP contribution in [0.15, 0.2) is 12.7 Å². The molecule has 2 aromatic heterocycles. The summed E-state index contributed by atoms with van der Waals surface area (Å²) in [5.74, 6) is 0.679. The van der Waals surface area contributed by atoms with Crippen LogP contribution in [0.2, 0.25) is 0 Å². The molecule has 0 aliphatic rings. The van der Waals surface area contributed by atoms with Crippen molar-refractivity contribution in [3.8, 4) is 0 Å². The molecule has 0 saturated carbocycles. The lowest BCUT2D eigenvalue weighted by Crippen LogP contribution is -2.23. The van der Waals surface area contributed by atoms with E-state index in [1.165, 1.54) is 6.33 Å². The summed E-state index contributed by atoms with van der Waals surface area (Å²) in [5.41, 5.74) is 1.39. The number of anilines is 1. The Bertz CT molecular complexity index is 437. The zero-order chi connectivity index (χ0) is 10.7. The van der Waals surface area contributed by atoms with Gasteiger partial charge in [0.05, 0.1) is 19.0 Å². The quantitative estimate of drug-likeness (QED) is 0.681. The van der Waals surface area contributed by atoms with E-state index in [9.17, 15) is 0 Å². The van der Waals surface area contributed by atoms with Crippen LogP contribution in [0.4, 0.5) is 5.82 Å². The van der Waals surface area contributed by atoms with Crippen LogP contribution in [0.25, 0.3) is 11.2 Å². The summed E-state index contributed by atoms with van der Waals surface area (Å²) < 4.78 is 0. The molecule has 0 radical (unpaired) electrons. The summed E-state index contributed by atoms with van der Waals surface area (Å²) in [5, 5.41) is 12.2. The van der Waals surface area contributed by atoms with E-state index in [0.717, 1.165) is 11.9 Å². The van der Waals surface area contributed by atoms with E-state index in [2.05, 4.69) is 25.3 Å². The summed E-state index contributed by atoms with van der Waals surface area (Å²) in [6, 6.07) is 0.00593. The highest BCUT2D eigenvalue weighted by molar-refractivity contribution is 5.82. The van der Waals surface area contributed by atoms with Gasteiger partial charge in [0.15, 0.2) is 11.5 Å². The molecule has 80 valence electrons. The van der Waals surface area contributed by atoms with Crippen LogP contribution in [-0.2, 0) is 0 Å². The van der Waals surface area contributed by atoms with Gasteiger partial charge in [-0.25, -0.2) is 15.0 Å². The van der Waals surface area contributed by atoms with Gasteiger partial charge in [-0.1, -0.05) is 6.92 Å². The Morgan fingerprint density at radius 1 is 1.47 bits per heavy atom. The van der Waals surface area contributed by atoms with E-state index in [1.807, 2.05) is 6.92 Å². The van der Waals surface area contributed by atoms with Crippen LogP contribution < -0.4 is 5.32 Å². The smallest absolute Gasteiger partial charge is 0.182 e. The molecule has 1 atom stereocenters. The topological polar surface area (TPSA) is 86.7 Å². The molecule has 0 aromatic carbocycles. The largest absolute Gasteiger partial charge is 0.394 e. The summed E-state index contributed by atoms with van der Waals surface area (Å²) in [4.78, 5) is 15.1. The molecule has 15 heavy (non-hydrogen) atoms. The first-order valence-corrected chi connectivity index (χ1v) is 4.86. The summed E-state index contributed by atoms with van der Waals surface area (Å²) in [6.45, 7) is 2.08. The van der Waals surface area contributed by atoms with Crippen LogP contribution in [0.5, 0.6) is 0 Å². The maximum atomic E-state index is 9.08. The molecule has 0 aliphatic carbocycles. The van der Waals surface area contributed by atoms with E-state index < -0.39 is 0 Å². The molecule has 0 saturated heterocycles. The normalized spacial score (nSPS) is 12.9. The van der Waals surface area contributed by atoms with Gasteiger partial charge in [-0.05, 0) is 6.42 Å². The summed E-state index contributed by atoms with van der Waals surface area (Å²) in [6.07, 6.45) is 3.86. The number of aliphatic hydroxyl groups excluding tert-OH is 1. The average Bonchev–Trinajstić information content (AvgIpc) is 2.74. The molecular formula is C9H13N5O. The second-order valence-electron chi connectivity index (χ2n) is 3.26. The maximum Gasteiger partial charge on any atom is 0.182 e. The van der Waals surface area contributed by atoms with E-state index in [0.29, 0.717) is 11.5 Å². The Hall–Kier alpha value is -1.69. The number of aromatic nitrogens is 4. The van der Waals surface area contributed by atoms with Gasteiger partial charge in [-0.2, -0.15) is 0 Å². The van der Waals surface area contributed by atoms with Crippen molar-refractivity contribution in [2.75, 3.05) is 11.9 Å². The maximum absolute atomic E-state index is 9.08. The van der Waals surface area contributed by atoms with E-state index >= 15 is 0 Å². The first-order valence-electron chi connectivity index (χ1n) is 4.86. The Balaban J connectivity index is 2.30. The third kappa shape index (κ3) is 1.89. The highest BCUT2D eigenvalue weighted by Crippen LogP contribution is 2.15. The predicted molar refractivity (Wildman–Crippen MR) is 56.5 cm³/mol. The fourth-order valence-corrected chi connectivity index (χ4v) is 1.34. The number of rotatable bonds is 4. The van der Waals surface area contributed by atoms with Crippen molar-refractivity contribution in [1.82, 2.24) is 19.9 Å². The van der Waals surface area contributed by atoms with Crippen molar-refractivity contribution in [3.05, 3.63) is 12.7 Å². The molecule has 3 N–H and O–H groups in total. The average molecular weight is 207 g/mol. The van der Waals surface area contributed by atoms with Gasteiger partial charge in [0.2, 0.25) is 0 Å². The molecule has 6 nitrogen and oxygen atoms in total. The molecule has 2 aromatic rings. The fraction of sp³-hybridized carbons (Fsp3) is 0.444. The number of nitrogens with zero attached hydrogens (tertiary/aromatic N) is 3. The number of aliphatic hydroxyl groups is 1. The third-order valence-electron chi connectivity index (χ3n) is 2.28. The number of aromatic amines is 1. The van der Waals surface area contributed by atoms with Crippen molar-refractivity contribution in [1.29, 1.82) is 0 Å². The number of hydrogen-bond acceptors (Lipinski definition) is 5. The van der Waals surface area contributed by atoms with Crippen LogP contribution >= 0.6 is 0 Å². The molecule has 0 fully saturated rings. The van der Waals surface area contributed by atoms with Crippen LogP contribution in [0.3, 0.4) is 0 Å². The van der Waals surface area contributed by atoms with Gasteiger partial charge < -0.3 is 15.4 Å². The van der Waals surface area contributed by atoms with Crippen molar-refractivity contribution in [2.24, 2.45) is 0 Å². The zero-order valence-corrected chi connectivity index (χ0v) is 8.44. The Kier molecular flexibility index (Phi) is 2.77. The molecule has 2 rings (SSSR count). The first-order chi connectivity index (χ1) is 7.35. The zero-order valence-electron chi connectivity index (χ0n) is 8.44. The van der Waals surface area contributed by atoms with Gasteiger partial charge in [0.25, 0.3) is 0 Å². The number of fused-ring (bicyclic) bond motifs is 1. The Labute approximate surface area is 86.8 Å². The highest BCUT2D eigenvalue weighted by atomic mass is 16.3. The standard InChI is InChI=1S/C9H13N5O/c1-2-6(3-15)14-9-7-8(11-4-10-7)12-5-13-9/h4-6,15H,2-3H2,1H3,(H2,10,11,12,13,14)/t6-/m1/s1. The molecule has 0 amide bonds. The van der Waals surface area contributed by atoms with Crippen LogP contribution in [0, 0.1) is 0 Å². The Morgan fingerprint density at radius 2 is 2.33 bits per heavy atom. The molecule has 0 unspecified atom stereocenters. The van der Waals surface area contributed by atoms with E-state index in [1.54, 1.807) is 6.33 Å². The van der Waals surface area contributed by atoms with Crippen molar-refractivity contribution in [3.63, 3.8) is 0 Å². The first kappa shape index (κ1) is 9.85. The lowest BCUT2D eigenvalue weighted by atomic mass is 10.2. The van der Waals surface area contributed by atoms with Gasteiger partial charge in [0.1, 0.15) is 11.8 Å². The molecule has 2 heterocycles. The highest BCUT2D eigenvalue weighted by Gasteiger charge is 2.09.